The van der Waals surface area contributed by atoms with E-state index in [1.54, 1.807) is 24.3 Å². The highest BCUT2D eigenvalue weighted by molar-refractivity contribution is 6.05. The van der Waals surface area contributed by atoms with Crippen LogP contribution in [-0.4, -0.2) is 23.8 Å². The van der Waals surface area contributed by atoms with E-state index in [1.807, 2.05) is 18.2 Å². The number of hydrazine groups is 1. The van der Waals surface area contributed by atoms with Crippen molar-refractivity contribution in [2.75, 3.05) is 5.01 Å². The molecule has 0 bridgehead atoms. The smallest absolute Gasteiger partial charge is 0.251 e. The van der Waals surface area contributed by atoms with Crippen LogP contribution in [0.2, 0.25) is 0 Å². The van der Waals surface area contributed by atoms with Crippen molar-refractivity contribution in [3.05, 3.63) is 77.9 Å². The zero-order valence-corrected chi connectivity index (χ0v) is 19.3. The highest BCUT2D eigenvalue weighted by Crippen LogP contribution is 2.33. The molecule has 2 aromatic carbocycles. The summed E-state index contributed by atoms with van der Waals surface area (Å²) in [5, 5.41) is 4.58. The minimum atomic E-state index is -0.350. The maximum atomic E-state index is 13.2. The van der Waals surface area contributed by atoms with Crippen LogP contribution >= 0.6 is 0 Å². The second-order valence-electron chi connectivity index (χ2n) is 9.67. The van der Waals surface area contributed by atoms with Gasteiger partial charge in [-0.25, -0.2) is 5.01 Å². The Bertz CT molecular complexity index is 1100. The zero-order valence-electron chi connectivity index (χ0n) is 19.3. The van der Waals surface area contributed by atoms with Gasteiger partial charge in [-0.15, -0.1) is 0 Å². The first-order chi connectivity index (χ1) is 16.6. The Balaban J connectivity index is 1.30. The molecule has 1 saturated heterocycles. The van der Waals surface area contributed by atoms with Crippen molar-refractivity contribution in [1.29, 1.82) is 0 Å². The number of nitrogens with one attached hydrogen (secondary N) is 2. The molecule has 3 amide bonds. The molecular formula is C28H31N3O3. The summed E-state index contributed by atoms with van der Waals surface area (Å²) in [6, 6.07) is 17.5. The van der Waals surface area contributed by atoms with E-state index >= 15 is 0 Å². The first kappa shape index (κ1) is 22.4. The van der Waals surface area contributed by atoms with Gasteiger partial charge in [0.1, 0.15) is 0 Å². The lowest BCUT2D eigenvalue weighted by molar-refractivity contribution is -0.139. The third-order valence-electron chi connectivity index (χ3n) is 7.46. The Hall–Kier alpha value is -3.41. The van der Waals surface area contributed by atoms with Gasteiger partial charge < -0.3 is 5.32 Å². The third kappa shape index (κ3) is 4.63. The fourth-order valence-corrected chi connectivity index (χ4v) is 5.58. The van der Waals surface area contributed by atoms with Gasteiger partial charge in [0, 0.05) is 11.6 Å². The van der Waals surface area contributed by atoms with Crippen LogP contribution in [0.15, 0.2) is 66.7 Å². The molecule has 2 fully saturated rings. The van der Waals surface area contributed by atoms with Crippen LogP contribution in [0.4, 0.5) is 5.69 Å². The van der Waals surface area contributed by atoms with Gasteiger partial charge in [0.2, 0.25) is 11.8 Å². The zero-order chi connectivity index (χ0) is 23.5. The van der Waals surface area contributed by atoms with Crippen molar-refractivity contribution in [2.45, 2.75) is 51.0 Å². The second-order valence-corrected chi connectivity index (χ2v) is 9.67. The van der Waals surface area contributed by atoms with Crippen LogP contribution in [-0.2, 0) is 16.0 Å². The Morgan fingerprint density at radius 3 is 2.53 bits per heavy atom. The maximum absolute atomic E-state index is 13.2. The van der Waals surface area contributed by atoms with Gasteiger partial charge in [-0.1, -0.05) is 61.4 Å². The van der Waals surface area contributed by atoms with Gasteiger partial charge in [-0.3, -0.25) is 19.8 Å². The summed E-state index contributed by atoms with van der Waals surface area (Å²) < 4.78 is 0. The van der Waals surface area contributed by atoms with Crippen LogP contribution in [0.5, 0.6) is 0 Å². The Labute approximate surface area is 200 Å². The number of anilines is 1. The average Bonchev–Trinajstić information content (AvgIpc) is 2.88. The molecule has 2 aromatic rings. The van der Waals surface area contributed by atoms with Gasteiger partial charge in [0.05, 0.1) is 17.5 Å². The van der Waals surface area contributed by atoms with Gasteiger partial charge in [-0.2, -0.15) is 0 Å². The minimum absolute atomic E-state index is 0.121. The highest BCUT2D eigenvalue weighted by Gasteiger charge is 2.42. The number of fused-ring (bicyclic) bond motifs is 1. The number of amides is 3. The van der Waals surface area contributed by atoms with Crippen LogP contribution in [0, 0.1) is 17.8 Å². The molecule has 0 aromatic heterocycles. The van der Waals surface area contributed by atoms with Crippen molar-refractivity contribution >= 4 is 23.4 Å². The third-order valence-corrected chi connectivity index (χ3v) is 7.46. The molecule has 4 unspecified atom stereocenters. The summed E-state index contributed by atoms with van der Waals surface area (Å²) in [5.74, 6) is -0.662. The number of hydrogen-bond acceptors (Lipinski definition) is 3. The van der Waals surface area contributed by atoms with Crippen LogP contribution < -0.4 is 15.8 Å². The summed E-state index contributed by atoms with van der Waals surface area (Å²) in [5.41, 5.74) is 5.05. The molecule has 5 rings (SSSR count). The fourth-order valence-electron chi connectivity index (χ4n) is 5.58. The van der Waals surface area contributed by atoms with E-state index in [2.05, 4.69) is 35.0 Å². The van der Waals surface area contributed by atoms with Crippen molar-refractivity contribution in [2.24, 2.45) is 17.8 Å². The lowest BCUT2D eigenvalue weighted by Crippen LogP contribution is -2.59. The van der Waals surface area contributed by atoms with E-state index in [4.69, 9.17) is 0 Å². The van der Waals surface area contributed by atoms with E-state index in [0.29, 0.717) is 30.0 Å². The van der Waals surface area contributed by atoms with Gasteiger partial charge >= 0.3 is 0 Å². The van der Waals surface area contributed by atoms with Crippen LogP contribution in [0.1, 0.15) is 54.4 Å². The summed E-state index contributed by atoms with van der Waals surface area (Å²) in [7, 11) is 0. The average molecular weight is 458 g/mol. The minimum Gasteiger partial charge on any atom is -0.349 e. The quantitative estimate of drug-likeness (QED) is 0.662. The number of carbonyl (C=O) groups excluding carboxylic acids is 3. The van der Waals surface area contributed by atoms with Crippen molar-refractivity contribution in [1.82, 2.24) is 10.7 Å². The van der Waals surface area contributed by atoms with Gasteiger partial charge in [-0.05, 0) is 61.8 Å². The predicted molar refractivity (Wildman–Crippen MR) is 131 cm³/mol. The van der Waals surface area contributed by atoms with E-state index in [0.717, 1.165) is 25.7 Å². The SMILES string of the molecule is O=C(NC1CCCCC1Cc1ccccc1)c1cccc(N2NC(=O)C3CC=CCC3C2=O)c1. The summed E-state index contributed by atoms with van der Waals surface area (Å²) in [4.78, 5) is 38.9. The second kappa shape index (κ2) is 9.84. The topological polar surface area (TPSA) is 78.5 Å². The molecule has 34 heavy (non-hydrogen) atoms. The van der Waals surface area contributed by atoms with Crippen molar-refractivity contribution in [3.8, 4) is 0 Å². The first-order valence-corrected chi connectivity index (χ1v) is 12.3. The molecule has 2 aliphatic carbocycles. The van der Waals surface area contributed by atoms with Gasteiger partial charge in [0.25, 0.3) is 5.91 Å². The van der Waals surface area contributed by atoms with Crippen molar-refractivity contribution in [3.63, 3.8) is 0 Å². The fraction of sp³-hybridized carbons (Fsp3) is 0.393. The Morgan fingerprint density at radius 1 is 0.941 bits per heavy atom. The number of nitrogens with zero attached hydrogens (tertiary/aromatic N) is 1. The number of carbonyl (C=O) groups is 3. The molecule has 1 aliphatic heterocycles. The number of rotatable bonds is 5. The molecule has 2 N–H and O–H groups in total. The maximum Gasteiger partial charge on any atom is 0.251 e. The van der Waals surface area contributed by atoms with Gasteiger partial charge in [0.15, 0.2) is 0 Å². The molecule has 1 saturated carbocycles. The number of allylic oxidation sites excluding steroid dienone is 2. The molecule has 3 aliphatic rings. The summed E-state index contributed by atoms with van der Waals surface area (Å²) in [6.45, 7) is 0. The molecule has 6 nitrogen and oxygen atoms in total. The highest BCUT2D eigenvalue weighted by atomic mass is 16.2. The molecule has 6 heteroatoms. The van der Waals surface area contributed by atoms with E-state index < -0.39 is 0 Å². The molecular weight excluding hydrogens is 426 g/mol. The normalized spacial score (nSPS) is 26.5. The monoisotopic (exact) mass is 457 g/mol. The van der Waals surface area contributed by atoms with E-state index in [-0.39, 0.29) is 35.6 Å². The Kier molecular flexibility index (Phi) is 6.48. The largest absolute Gasteiger partial charge is 0.349 e. The van der Waals surface area contributed by atoms with E-state index in [1.165, 1.54) is 17.0 Å². The molecule has 0 spiro atoms. The molecule has 176 valence electrons. The molecule has 4 atom stereocenters. The lowest BCUT2D eigenvalue weighted by atomic mass is 9.80. The molecule has 1 heterocycles. The number of benzene rings is 2. The summed E-state index contributed by atoms with van der Waals surface area (Å²) >= 11 is 0. The van der Waals surface area contributed by atoms with Crippen molar-refractivity contribution < 1.29 is 14.4 Å². The number of hydrogen-bond donors (Lipinski definition) is 2. The standard InChI is InChI=1S/C28H31N3O3/c32-26(29-25-16-7-4-11-20(25)17-19-9-2-1-3-10-19)21-12-8-13-22(18-21)31-28(34)24-15-6-5-14-23(24)27(33)30-31/h1-3,5-6,8-10,12-13,18,20,23-25H,4,7,11,14-17H2,(H,29,32)(H,30,33). The lowest BCUT2D eigenvalue weighted by Gasteiger charge is -2.38. The van der Waals surface area contributed by atoms with Crippen LogP contribution in [0.3, 0.4) is 0 Å². The Morgan fingerprint density at radius 2 is 1.71 bits per heavy atom. The summed E-state index contributed by atoms with van der Waals surface area (Å²) in [6.07, 6.45) is 10.4. The predicted octanol–water partition coefficient (Wildman–Crippen LogP) is 4.18. The van der Waals surface area contributed by atoms with E-state index in [9.17, 15) is 14.4 Å². The van der Waals surface area contributed by atoms with Crippen LogP contribution in [0.25, 0.3) is 0 Å². The molecule has 0 radical (unpaired) electrons. The first-order valence-electron chi connectivity index (χ1n) is 12.3.